The maximum Gasteiger partial charge on any atom is 0.408 e. The first-order valence-corrected chi connectivity index (χ1v) is 15.2. The second kappa shape index (κ2) is 14.5. The predicted molar refractivity (Wildman–Crippen MR) is 178 cm³/mol. The summed E-state index contributed by atoms with van der Waals surface area (Å²) >= 11 is 0. The number of amides is 1. The van der Waals surface area contributed by atoms with Gasteiger partial charge in [-0.3, -0.25) is 4.79 Å². The zero-order chi connectivity index (χ0) is 33.5. The molecule has 0 saturated carbocycles. The number of ether oxygens (including phenoxy) is 3. The third kappa shape index (κ3) is 10.1. The van der Waals surface area contributed by atoms with Gasteiger partial charge in [0.2, 0.25) is 0 Å². The predicted octanol–water partition coefficient (Wildman–Crippen LogP) is 9.31. The van der Waals surface area contributed by atoms with E-state index in [1.165, 1.54) is 0 Å². The second-order valence-electron chi connectivity index (χ2n) is 13.0. The highest BCUT2D eigenvalue weighted by atomic mass is 19.1. The molecule has 4 rings (SSSR count). The molecule has 46 heavy (non-hydrogen) atoms. The summed E-state index contributed by atoms with van der Waals surface area (Å²) in [7, 11) is 0. The number of hydrogen-bond donors (Lipinski definition) is 1. The van der Waals surface area contributed by atoms with Crippen LogP contribution in [0.15, 0.2) is 83.5 Å². The Morgan fingerprint density at radius 3 is 2.33 bits per heavy atom. The Morgan fingerprint density at radius 1 is 0.891 bits per heavy atom. The van der Waals surface area contributed by atoms with E-state index in [2.05, 4.69) is 5.32 Å². The molecule has 0 saturated heterocycles. The van der Waals surface area contributed by atoms with Crippen molar-refractivity contribution in [3.63, 3.8) is 0 Å². The number of rotatable bonds is 10. The van der Waals surface area contributed by atoms with Gasteiger partial charge in [-0.2, -0.15) is 0 Å². The summed E-state index contributed by atoms with van der Waals surface area (Å²) in [5.41, 5.74) is 2.35. The summed E-state index contributed by atoms with van der Waals surface area (Å²) in [4.78, 5) is 24.9. The fourth-order valence-electron chi connectivity index (χ4n) is 4.77. The molecule has 0 aliphatic carbocycles. The van der Waals surface area contributed by atoms with E-state index in [0.717, 1.165) is 11.1 Å². The molecule has 1 aromatic heterocycles. The van der Waals surface area contributed by atoms with E-state index in [-0.39, 0.29) is 19.0 Å². The lowest BCUT2D eigenvalue weighted by Gasteiger charge is -2.22. The molecule has 0 bridgehead atoms. The van der Waals surface area contributed by atoms with Gasteiger partial charge in [-0.05, 0) is 108 Å². The van der Waals surface area contributed by atoms with Gasteiger partial charge >= 0.3 is 12.1 Å². The average molecular weight is 628 g/mol. The van der Waals surface area contributed by atoms with Gasteiger partial charge in [0, 0.05) is 16.7 Å². The first-order chi connectivity index (χ1) is 21.7. The molecule has 8 heteroatoms. The topological polar surface area (TPSA) is 87.0 Å². The number of carbonyl (C=O) groups excluding carboxylic acids is 2. The van der Waals surface area contributed by atoms with Gasteiger partial charge in [0.15, 0.2) is 0 Å². The minimum Gasteiger partial charge on any atom is -0.489 e. The standard InChI is InChI=1S/C38H42FNO6/c1-25(40-36(42)46-38(5,6)7)31-14-10-15-32(35(31)39)29-21-26(17-18-30-13-11-19-43-30)20-27(22-29)24-44-33-16-9-8-12-28(33)23-34(41)45-37(2,3)4/h8-22,25H,23-24H2,1-7H3,(H,40,42)/b18-17+/t25-/m1/s1. The quantitative estimate of drug-likeness (QED) is 0.176. The van der Waals surface area contributed by atoms with Gasteiger partial charge in [0.1, 0.15) is 35.1 Å². The molecule has 4 aromatic rings. The normalized spacial score (nSPS) is 12.5. The number of carbonyl (C=O) groups is 2. The summed E-state index contributed by atoms with van der Waals surface area (Å²) in [5, 5.41) is 2.72. The monoisotopic (exact) mass is 627 g/mol. The maximum atomic E-state index is 16.1. The lowest BCUT2D eigenvalue weighted by atomic mass is 9.96. The van der Waals surface area contributed by atoms with E-state index in [1.807, 2.05) is 81.5 Å². The van der Waals surface area contributed by atoms with Crippen molar-refractivity contribution in [3.8, 4) is 16.9 Å². The molecule has 3 aromatic carbocycles. The Kier molecular flexibility index (Phi) is 10.7. The molecule has 0 aliphatic rings. The van der Waals surface area contributed by atoms with Crippen LogP contribution in [0.5, 0.6) is 5.75 Å². The van der Waals surface area contributed by atoms with E-state index in [0.29, 0.717) is 33.8 Å². The van der Waals surface area contributed by atoms with Crippen LogP contribution in [0.4, 0.5) is 9.18 Å². The molecule has 242 valence electrons. The summed E-state index contributed by atoms with van der Waals surface area (Å²) in [6, 6.07) is 21.2. The summed E-state index contributed by atoms with van der Waals surface area (Å²) in [6.07, 6.45) is 4.76. The highest BCUT2D eigenvalue weighted by Crippen LogP contribution is 2.31. The highest BCUT2D eigenvalue weighted by molar-refractivity contribution is 5.75. The Hall–Kier alpha value is -4.85. The van der Waals surface area contributed by atoms with Gasteiger partial charge in [-0.25, -0.2) is 9.18 Å². The smallest absolute Gasteiger partial charge is 0.408 e. The van der Waals surface area contributed by atoms with Crippen LogP contribution >= 0.6 is 0 Å². The first kappa shape index (κ1) is 34.0. The molecule has 1 heterocycles. The second-order valence-corrected chi connectivity index (χ2v) is 13.0. The molecule has 7 nitrogen and oxygen atoms in total. The van der Waals surface area contributed by atoms with Crippen molar-refractivity contribution >= 4 is 24.2 Å². The SMILES string of the molecule is C[C@@H](NC(=O)OC(C)(C)C)c1cccc(-c2cc(/C=C/c3ccco3)cc(COc3ccccc3CC(=O)OC(C)(C)C)c2)c1F. The Morgan fingerprint density at radius 2 is 1.63 bits per heavy atom. The van der Waals surface area contributed by atoms with Crippen LogP contribution in [0.2, 0.25) is 0 Å². The largest absolute Gasteiger partial charge is 0.489 e. The van der Waals surface area contributed by atoms with Gasteiger partial charge < -0.3 is 23.9 Å². The number of para-hydroxylation sites is 1. The maximum absolute atomic E-state index is 16.1. The lowest BCUT2D eigenvalue weighted by molar-refractivity contribution is -0.153. The lowest BCUT2D eigenvalue weighted by Crippen LogP contribution is -2.34. The van der Waals surface area contributed by atoms with Crippen LogP contribution in [-0.2, 0) is 27.3 Å². The average Bonchev–Trinajstić information content (AvgIpc) is 3.47. The van der Waals surface area contributed by atoms with Crippen molar-refractivity contribution < 1.29 is 32.6 Å². The number of hydrogen-bond acceptors (Lipinski definition) is 6. The molecular weight excluding hydrogens is 585 g/mol. The van der Waals surface area contributed by atoms with Crippen molar-refractivity contribution in [3.05, 3.63) is 113 Å². The number of furan rings is 1. The Balaban J connectivity index is 1.64. The molecule has 1 atom stereocenters. The van der Waals surface area contributed by atoms with Gasteiger partial charge in [-0.1, -0.05) is 42.5 Å². The fraction of sp³-hybridized carbons (Fsp3) is 0.316. The van der Waals surface area contributed by atoms with Crippen LogP contribution in [0, 0.1) is 5.82 Å². The number of halogens is 1. The van der Waals surface area contributed by atoms with Crippen LogP contribution < -0.4 is 10.1 Å². The summed E-state index contributed by atoms with van der Waals surface area (Å²) < 4.78 is 38.6. The molecule has 0 radical (unpaired) electrons. The summed E-state index contributed by atoms with van der Waals surface area (Å²) in [6.45, 7) is 12.7. The molecule has 1 N–H and O–H groups in total. The zero-order valence-corrected chi connectivity index (χ0v) is 27.5. The van der Waals surface area contributed by atoms with E-state index >= 15 is 4.39 Å². The fourth-order valence-corrected chi connectivity index (χ4v) is 4.77. The molecular formula is C38H42FNO6. The van der Waals surface area contributed by atoms with E-state index in [4.69, 9.17) is 18.6 Å². The van der Waals surface area contributed by atoms with Crippen molar-refractivity contribution in [1.82, 2.24) is 5.32 Å². The minimum atomic E-state index is -0.678. The van der Waals surface area contributed by atoms with Crippen LogP contribution in [0.1, 0.15) is 82.5 Å². The Bertz CT molecular complexity index is 1680. The van der Waals surface area contributed by atoms with E-state index in [9.17, 15) is 9.59 Å². The number of alkyl carbamates (subject to hydrolysis) is 1. The molecule has 0 fully saturated rings. The molecule has 0 unspecified atom stereocenters. The number of benzene rings is 3. The van der Waals surface area contributed by atoms with Gasteiger partial charge in [0.05, 0.1) is 18.7 Å². The highest BCUT2D eigenvalue weighted by Gasteiger charge is 2.22. The van der Waals surface area contributed by atoms with E-state index in [1.54, 1.807) is 58.2 Å². The third-order valence-corrected chi connectivity index (χ3v) is 6.66. The molecule has 0 spiro atoms. The van der Waals surface area contributed by atoms with Crippen LogP contribution in [0.25, 0.3) is 23.3 Å². The molecule has 0 aliphatic heterocycles. The van der Waals surface area contributed by atoms with Crippen molar-refractivity contribution in [2.45, 2.75) is 78.7 Å². The van der Waals surface area contributed by atoms with Crippen molar-refractivity contribution in [2.75, 3.05) is 0 Å². The van der Waals surface area contributed by atoms with Gasteiger partial charge in [0.25, 0.3) is 0 Å². The zero-order valence-electron chi connectivity index (χ0n) is 27.5. The van der Waals surface area contributed by atoms with Crippen LogP contribution in [-0.4, -0.2) is 23.3 Å². The molecule has 1 amide bonds. The number of esters is 1. The van der Waals surface area contributed by atoms with Crippen molar-refractivity contribution in [1.29, 1.82) is 0 Å². The first-order valence-electron chi connectivity index (χ1n) is 15.2. The number of nitrogens with one attached hydrogen (secondary N) is 1. The van der Waals surface area contributed by atoms with Crippen LogP contribution in [0.3, 0.4) is 0 Å². The third-order valence-electron chi connectivity index (χ3n) is 6.66. The van der Waals surface area contributed by atoms with Crippen molar-refractivity contribution in [2.24, 2.45) is 0 Å². The minimum absolute atomic E-state index is 0.0676. The summed E-state index contributed by atoms with van der Waals surface area (Å²) in [5.74, 6) is 0.436. The van der Waals surface area contributed by atoms with E-state index < -0.39 is 29.2 Å². The Labute approximate surface area is 270 Å². The van der Waals surface area contributed by atoms with Gasteiger partial charge in [-0.15, -0.1) is 0 Å².